The summed E-state index contributed by atoms with van der Waals surface area (Å²) in [6.45, 7) is 0.0654. The largest absolute Gasteiger partial charge is 0.454 e. The quantitative estimate of drug-likeness (QED) is 0.436. The lowest BCUT2D eigenvalue weighted by Crippen LogP contribution is -2.22. The lowest BCUT2D eigenvalue weighted by atomic mass is 10.1. The van der Waals surface area contributed by atoms with E-state index in [1.807, 2.05) is 0 Å². The number of para-hydroxylation sites is 1. The van der Waals surface area contributed by atoms with Crippen LogP contribution in [0.1, 0.15) is 29.6 Å². The molecule has 0 aliphatic rings. The van der Waals surface area contributed by atoms with Gasteiger partial charge in [-0.3, -0.25) is 9.18 Å². The molecule has 0 amide bonds. The smallest absolute Gasteiger partial charge is 0.347 e. The maximum absolute atomic E-state index is 12.6. The van der Waals surface area contributed by atoms with Crippen LogP contribution in [0.2, 0.25) is 0 Å². The van der Waals surface area contributed by atoms with Gasteiger partial charge in [0.15, 0.2) is 0 Å². The molecular formula is C15H15F4NO. The summed E-state index contributed by atoms with van der Waals surface area (Å²) < 4.78 is 51.5. The zero-order valence-electron chi connectivity index (χ0n) is 11.3. The predicted octanol–water partition coefficient (Wildman–Crippen LogP) is 4.53. The third-order valence-electron chi connectivity index (χ3n) is 3.32. The van der Waals surface area contributed by atoms with Crippen LogP contribution in [0.15, 0.2) is 30.5 Å². The van der Waals surface area contributed by atoms with Gasteiger partial charge in [-0.1, -0.05) is 18.2 Å². The second-order valence-corrected chi connectivity index (χ2v) is 4.83. The van der Waals surface area contributed by atoms with Crippen LogP contribution >= 0.6 is 0 Å². The van der Waals surface area contributed by atoms with Crippen LogP contribution in [0.3, 0.4) is 0 Å². The van der Waals surface area contributed by atoms with Gasteiger partial charge in [-0.25, -0.2) is 0 Å². The summed E-state index contributed by atoms with van der Waals surface area (Å²) in [7, 11) is 0. The highest BCUT2D eigenvalue weighted by molar-refractivity contribution is 6.10. The maximum atomic E-state index is 12.6. The Morgan fingerprint density at radius 3 is 2.48 bits per heavy atom. The molecule has 0 unspecified atom stereocenters. The van der Waals surface area contributed by atoms with Crippen molar-refractivity contribution in [2.75, 3.05) is 6.67 Å². The number of aromatic nitrogens is 1. The van der Waals surface area contributed by atoms with Crippen molar-refractivity contribution in [3.63, 3.8) is 0 Å². The number of ketones is 1. The molecule has 0 atom stereocenters. The van der Waals surface area contributed by atoms with Crippen molar-refractivity contribution < 1.29 is 22.4 Å². The molecule has 0 spiro atoms. The molecule has 0 aliphatic carbocycles. The molecule has 0 radical (unpaired) electrons. The summed E-state index contributed by atoms with van der Waals surface area (Å²) in [6, 6.07) is 6.50. The Balaban J connectivity index is 2.33. The Labute approximate surface area is 119 Å². The first-order valence-corrected chi connectivity index (χ1v) is 6.70. The van der Waals surface area contributed by atoms with E-state index in [4.69, 9.17) is 0 Å². The lowest BCUT2D eigenvalue weighted by molar-refractivity contribution is -0.0884. The van der Waals surface area contributed by atoms with Crippen molar-refractivity contribution in [1.82, 2.24) is 4.57 Å². The fraction of sp³-hybridized carbons (Fsp3) is 0.400. The number of unbranched alkanes of at least 4 members (excludes halogenated alkanes) is 2. The average molecular weight is 301 g/mol. The van der Waals surface area contributed by atoms with Crippen LogP contribution in [-0.2, 0) is 6.54 Å². The lowest BCUT2D eigenvalue weighted by Gasteiger charge is -2.04. The van der Waals surface area contributed by atoms with Crippen molar-refractivity contribution >= 4 is 16.7 Å². The first kappa shape index (κ1) is 15.5. The van der Waals surface area contributed by atoms with Gasteiger partial charge in [-0.2, -0.15) is 13.2 Å². The van der Waals surface area contributed by atoms with Crippen LogP contribution in [0.25, 0.3) is 10.9 Å². The number of aryl methyl sites for hydroxylation is 1. The van der Waals surface area contributed by atoms with Crippen LogP contribution in [0.4, 0.5) is 17.6 Å². The molecule has 114 valence electrons. The highest BCUT2D eigenvalue weighted by Gasteiger charge is 2.40. The summed E-state index contributed by atoms with van der Waals surface area (Å²) in [5, 5.41) is 0.297. The molecule has 0 bridgehead atoms. The van der Waals surface area contributed by atoms with Gasteiger partial charge in [0.2, 0.25) is 0 Å². The Hall–Kier alpha value is -1.85. The Morgan fingerprint density at radius 1 is 1.10 bits per heavy atom. The van der Waals surface area contributed by atoms with Crippen LogP contribution < -0.4 is 0 Å². The van der Waals surface area contributed by atoms with Gasteiger partial charge in [0, 0.05) is 23.6 Å². The second-order valence-electron chi connectivity index (χ2n) is 4.83. The number of fused-ring (bicyclic) bond motifs is 1. The van der Waals surface area contributed by atoms with Gasteiger partial charge in [0.05, 0.1) is 12.2 Å². The van der Waals surface area contributed by atoms with E-state index in [1.54, 1.807) is 22.8 Å². The van der Waals surface area contributed by atoms with E-state index in [1.165, 1.54) is 12.3 Å². The van der Waals surface area contributed by atoms with Crippen LogP contribution in [0.5, 0.6) is 0 Å². The van der Waals surface area contributed by atoms with E-state index in [9.17, 15) is 22.4 Å². The van der Waals surface area contributed by atoms with E-state index in [0.29, 0.717) is 36.7 Å². The summed E-state index contributed by atoms with van der Waals surface area (Å²) in [4.78, 5) is 11.5. The monoisotopic (exact) mass is 301 g/mol. The van der Waals surface area contributed by atoms with Crippen LogP contribution in [-0.4, -0.2) is 23.2 Å². The van der Waals surface area contributed by atoms with Crippen molar-refractivity contribution in [1.29, 1.82) is 0 Å². The molecule has 2 aromatic rings. The SMILES string of the molecule is O=C(c1cn(CCCCCF)c2ccccc12)C(F)(F)F. The molecule has 1 aromatic heterocycles. The van der Waals surface area contributed by atoms with E-state index in [0.717, 1.165) is 0 Å². The van der Waals surface area contributed by atoms with E-state index in [2.05, 4.69) is 0 Å². The fourth-order valence-corrected chi connectivity index (χ4v) is 2.32. The topological polar surface area (TPSA) is 22.0 Å². The Bertz CT molecular complexity index is 630. The highest BCUT2D eigenvalue weighted by atomic mass is 19.4. The van der Waals surface area contributed by atoms with Gasteiger partial charge in [-0.05, 0) is 25.3 Å². The fourth-order valence-electron chi connectivity index (χ4n) is 2.32. The number of halogens is 4. The molecule has 0 fully saturated rings. The minimum absolute atomic E-state index is 0.297. The molecule has 1 aromatic carbocycles. The zero-order valence-corrected chi connectivity index (χ0v) is 11.3. The van der Waals surface area contributed by atoms with Crippen molar-refractivity contribution in [3.05, 3.63) is 36.0 Å². The highest BCUT2D eigenvalue weighted by Crippen LogP contribution is 2.28. The molecule has 0 saturated heterocycles. The minimum Gasteiger partial charge on any atom is -0.347 e. The molecule has 21 heavy (non-hydrogen) atoms. The van der Waals surface area contributed by atoms with Crippen molar-refractivity contribution in [3.8, 4) is 0 Å². The van der Waals surface area contributed by atoms with E-state index in [-0.39, 0.29) is 5.56 Å². The zero-order chi connectivity index (χ0) is 15.5. The van der Waals surface area contributed by atoms with Gasteiger partial charge < -0.3 is 4.57 Å². The Morgan fingerprint density at radius 2 is 1.81 bits per heavy atom. The van der Waals surface area contributed by atoms with Gasteiger partial charge in [0.25, 0.3) is 5.78 Å². The summed E-state index contributed by atoms with van der Waals surface area (Å²) in [5.41, 5.74) is 0.258. The number of carbonyl (C=O) groups excluding carboxylic acids is 1. The molecule has 0 saturated carbocycles. The van der Waals surface area contributed by atoms with E-state index >= 15 is 0 Å². The van der Waals surface area contributed by atoms with Crippen molar-refractivity contribution in [2.45, 2.75) is 32.0 Å². The second kappa shape index (κ2) is 6.28. The normalized spacial score (nSPS) is 12.0. The summed E-state index contributed by atoms with van der Waals surface area (Å²) in [5.74, 6) is -1.83. The number of hydrogen-bond acceptors (Lipinski definition) is 1. The standard InChI is InChI=1S/C15H15F4NO/c16-8-4-1-5-9-20-10-12(14(21)15(17,18)19)11-6-2-3-7-13(11)20/h2-3,6-7,10H,1,4-5,8-9H2. The molecule has 6 heteroatoms. The molecule has 0 N–H and O–H groups in total. The van der Waals surface area contributed by atoms with Crippen molar-refractivity contribution in [2.24, 2.45) is 0 Å². The minimum atomic E-state index is -4.89. The average Bonchev–Trinajstić information content (AvgIpc) is 2.81. The third-order valence-corrected chi connectivity index (χ3v) is 3.32. The molecule has 1 heterocycles. The third kappa shape index (κ3) is 3.43. The maximum Gasteiger partial charge on any atom is 0.454 e. The number of Topliss-reactive ketones (excluding diaryl/α,β-unsaturated/α-hetero) is 1. The number of hydrogen-bond donors (Lipinski definition) is 0. The number of alkyl halides is 4. The first-order valence-electron chi connectivity index (χ1n) is 6.70. The first-order chi connectivity index (χ1) is 9.95. The van der Waals surface area contributed by atoms with Gasteiger partial charge in [-0.15, -0.1) is 0 Å². The van der Waals surface area contributed by atoms with Gasteiger partial charge in [0.1, 0.15) is 0 Å². The number of nitrogens with zero attached hydrogens (tertiary/aromatic N) is 1. The molecule has 0 aliphatic heterocycles. The summed E-state index contributed by atoms with van der Waals surface area (Å²) >= 11 is 0. The predicted molar refractivity (Wildman–Crippen MR) is 72.1 cm³/mol. The van der Waals surface area contributed by atoms with Gasteiger partial charge >= 0.3 is 6.18 Å². The number of carbonyl (C=O) groups is 1. The Kier molecular flexibility index (Phi) is 4.65. The molecule has 2 rings (SSSR count). The number of benzene rings is 1. The molecule has 2 nitrogen and oxygen atoms in total. The summed E-state index contributed by atoms with van der Waals surface area (Å²) in [6.07, 6.45) is -1.89. The molecular weight excluding hydrogens is 286 g/mol. The number of rotatable bonds is 6. The van der Waals surface area contributed by atoms with Crippen LogP contribution in [0, 0.1) is 0 Å². The van der Waals surface area contributed by atoms with E-state index < -0.39 is 18.6 Å².